The Balaban J connectivity index is 1.30. The summed E-state index contributed by atoms with van der Waals surface area (Å²) < 4.78 is 28.2. The van der Waals surface area contributed by atoms with Gasteiger partial charge in [0.05, 0.1) is 13.1 Å². The number of hydrogen-bond donors (Lipinski definition) is 2. The fourth-order valence-corrected chi connectivity index (χ4v) is 6.65. The third-order valence-corrected chi connectivity index (χ3v) is 8.77. The summed E-state index contributed by atoms with van der Waals surface area (Å²) in [6.45, 7) is 0.388. The second kappa shape index (κ2) is 9.57. The highest BCUT2D eigenvalue weighted by atomic mass is 35.5. The van der Waals surface area contributed by atoms with Gasteiger partial charge in [-0.15, -0.1) is 11.3 Å². The van der Waals surface area contributed by atoms with Crippen LogP contribution in [0.5, 0.6) is 0 Å². The third-order valence-electron chi connectivity index (χ3n) is 5.14. The first-order chi connectivity index (χ1) is 15.3. The number of benzene rings is 1. The zero-order valence-electron chi connectivity index (χ0n) is 17.1. The number of amides is 2. The Morgan fingerprint density at radius 2 is 2.12 bits per heavy atom. The Bertz CT molecular complexity index is 1230. The molecule has 0 atom stereocenters. The van der Waals surface area contributed by atoms with Crippen LogP contribution in [0.4, 0.5) is 0 Å². The number of halogens is 1. The molecule has 3 aromatic rings. The van der Waals surface area contributed by atoms with Crippen molar-refractivity contribution >= 4 is 54.9 Å². The molecule has 0 spiro atoms. The van der Waals surface area contributed by atoms with Crippen LogP contribution >= 0.6 is 22.9 Å². The molecule has 9 nitrogen and oxygen atoms in total. The van der Waals surface area contributed by atoms with Crippen molar-refractivity contribution < 1.29 is 18.0 Å². The topological polar surface area (TPSA) is 115 Å². The number of rotatable bonds is 8. The van der Waals surface area contributed by atoms with Gasteiger partial charge in [0, 0.05) is 48.2 Å². The van der Waals surface area contributed by atoms with E-state index >= 15 is 0 Å². The molecule has 0 unspecified atom stereocenters. The molecule has 1 aromatic carbocycles. The van der Waals surface area contributed by atoms with E-state index in [1.54, 1.807) is 36.7 Å². The fraction of sp³-hybridized carbons (Fsp3) is 0.350. The number of carbonyl (C=O) groups is 2. The number of aromatic nitrogens is 2. The second-order valence-corrected chi connectivity index (χ2v) is 11.1. The number of aryl methyl sites for hydroxylation is 1. The first-order valence-corrected chi connectivity index (χ1v) is 12.7. The average molecular weight is 496 g/mol. The van der Waals surface area contributed by atoms with Crippen LogP contribution in [0.25, 0.3) is 10.1 Å². The number of thiophene rings is 1. The van der Waals surface area contributed by atoms with E-state index in [1.807, 2.05) is 0 Å². The highest BCUT2D eigenvalue weighted by Gasteiger charge is 2.34. The minimum atomic E-state index is -3.81. The summed E-state index contributed by atoms with van der Waals surface area (Å²) in [4.78, 5) is 33.2. The number of piperazine rings is 1. The Labute approximate surface area is 194 Å². The molecule has 170 valence electrons. The second-order valence-electron chi connectivity index (χ2n) is 7.39. The highest BCUT2D eigenvalue weighted by Crippen LogP contribution is 2.33. The van der Waals surface area contributed by atoms with E-state index in [-0.39, 0.29) is 36.3 Å². The van der Waals surface area contributed by atoms with E-state index < -0.39 is 15.9 Å². The summed E-state index contributed by atoms with van der Waals surface area (Å²) in [6, 6.07) is 6.79. The number of nitrogens with zero attached hydrogens (tertiary/aromatic N) is 3. The number of fused-ring (bicyclic) bond motifs is 1. The van der Waals surface area contributed by atoms with E-state index in [1.165, 1.54) is 9.21 Å². The molecule has 4 rings (SSSR count). The van der Waals surface area contributed by atoms with Crippen molar-refractivity contribution in [2.75, 3.05) is 32.7 Å². The zero-order chi connectivity index (χ0) is 22.7. The number of carbonyl (C=O) groups excluding carboxylic acids is 2. The molecule has 2 aromatic heterocycles. The quantitative estimate of drug-likeness (QED) is 0.463. The number of aromatic amines is 1. The lowest BCUT2D eigenvalue weighted by molar-refractivity contribution is -0.138. The van der Waals surface area contributed by atoms with E-state index in [2.05, 4.69) is 15.3 Å². The molecule has 0 bridgehead atoms. The van der Waals surface area contributed by atoms with Gasteiger partial charge in [-0.1, -0.05) is 17.7 Å². The average Bonchev–Trinajstić information content (AvgIpc) is 3.42. The molecule has 0 aliphatic carbocycles. The fourth-order valence-electron chi connectivity index (χ4n) is 3.44. The Hall–Kier alpha value is -2.47. The van der Waals surface area contributed by atoms with Gasteiger partial charge >= 0.3 is 0 Å². The van der Waals surface area contributed by atoms with Crippen LogP contribution in [-0.2, 0) is 26.0 Å². The summed E-state index contributed by atoms with van der Waals surface area (Å²) in [5.74, 6) is 0.193. The van der Waals surface area contributed by atoms with E-state index in [0.29, 0.717) is 18.0 Å². The first-order valence-electron chi connectivity index (χ1n) is 10.0. The van der Waals surface area contributed by atoms with Crippen LogP contribution in [0.2, 0.25) is 5.02 Å². The third kappa shape index (κ3) is 5.12. The van der Waals surface area contributed by atoms with Gasteiger partial charge < -0.3 is 15.2 Å². The molecule has 2 amide bonds. The minimum absolute atomic E-state index is 0.0884. The summed E-state index contributed by atoms with van der Waals surface area (Å²) in [7, 11) is -3.81. The van der Waals surface area contributed by atoms with Crippen molar-refractivity contribution in [3.05, 3.63) is 47.5 Å². The van der Waals surface area contributed by atoms with Gasteiger partial charge in [-0.05, 0) is 30.0 Å². The van der Waals surface area contributed by atoms with Crippen LogP contribution in [0, 0.1) is 0 Å². The van der Waals surface area contributed by atoms with Gasteiger partial charge in [0.2, 0.25) is 11.8 Å². The minimum Gasteiger partial charge on any atom is -0.355 e. The number of nitrogens with one attached hydrogen (secondary N) is 2. The smallest absolute Gasteiger partial charge is 0.253 e. The van der Waals surface area contributed by atoms with Crippen molar-refractivity contribution in [1.82, 2.24) is 24.5 Å². The van der Waals surface area contributed by atoms with Gasteiger partial charge in [0.25, 0.3) is 10.0 Å². The van der Waals surface area contributed by atoms with E-state index in [0.717, 1.165) is 33.7 Å². The summed E-state index contributed by atoms with van der Waals surface area (Å²) in [5, 5.41) is 4.10. The van der Waals surface area contributed by atoms with Crippen LogP contribution in [0.15, 0.2) is 40.9 Å². The molecule has 0 radical (unpaired) electrons. The Kier molecular flexibility index (Phi) is 6.79. The van der Waals surface area contributed by atoms with Gasteiger partial charge in [-0.2, -0.15) is 4.31 Å². The predicted octanol–water partition coefficient (Wildman–Crippen LogP) is 1.86. The van der Waals surface area contributed by atoms with Gasteiger partial charge in [-0.3, -0.25) is 9.59 Å². The molecule has 0 saturated carbocycles. The lowest BCUT2D eigenvalue weighted by Gasteiger charge is -2.32. The van der Waals surface area contributed by atoms with E-state index in [9.17, 15) is 18.0 Å². The van der Waals surface area contributed by atoms with Crippen LogP contribution in [0.1, 0.15) is 12.2 Å². The van der Waals surface area contributed by atoms with Crippen molar-refractivity contribution in [2.24, 2.45) is 0 Å². The Morgan fingerprint density at radius 1 is 1.28 bits per heavy atom. The maximum atomic E-state index is 13.0. The predicted molar refractivity (Wildman–Crippen MR) is 122 cm³/mol. The lowest BCUT2D eigenvalue weighted by Crippen LogP contribution is -2.54. The molecule has 2 N–H and O–H groups in total. The lowest BCUT2D eigenvalue weighted by atomic mass is 10.3. The number of imidazole rings is 1. The molecule has 1 fully saturated rings. The van der Waals surface area contributed by atoms with E-state index in [4.69, 9.17) is 11.6 Å². The number of hydrogen-bond acceptors (Lipinski definition) is 6. The van der Waals surface area contributed by atoms with Crippen molar-refractivity contribution in [1.29, 1.82) is 0 Å². The monoisotopic (exact) mass is 495 g/mol. The molecule has 12 heteroatoms. The molecule has 1 saturated heterocycles. The molecular formula is C20H22ClN5O4S2. The maximum Gasteiger partial charge on any atom is 0.253 e. The van der Waals surface area contributed by atoms with Crippen LogP contribution < -0.4 is 5.32 Å². The van der Waals surface area contributed by atoms with Gasteiger partial charge in [-0.25, -0.2) is 13.4 Å². The number of H-pyrrole nitrogens is 1. The largest absolute Gasteiger partial charge is 0.355 e. The molecule has 32 heavy (non-hydrogen) atoms. The summed E-state index contributed by atoms with van der Waals surface area (Å²) in [5.41, 5.74) is 0. The summed E-state index contributed by atoms with van der Waals surface area (Å²) in [6.07, 6.45) is 4.86. The van der Waals surface area contributed by atoms with Crippen molar-refractivity contribution in [3.63, 3.8) is 0 Å². The van der Waals surface area contributed by atoms with Crippen LogP contribution in [0.3, 0.4) is 0 Å². The first kappa shape index (κ1) is 22.7. The molecule has 1 aliphatic heterocycles. The molecule has 1 aliphatic rings. The SMILES string of the molecule is O=C(CN1CCN(S(=O)(=O)c2cc3ccc(Cl)cc3s2)CC1=O)NCCCc1ncc[nH]1. The zero-order valence-corrected chi connectivity index (χ0v) is 19.5. The highest BCUT2D eigenvalue weighted by molar-refractivity contribution is 7.91. The van der Waals surface area contributed by atoms with Gasteiger partial charge in [0.1, 0.15) is 10.0 Å². The van der Waals surface area contributed by atoms with Gasteiger partial charge in [0.15, 0.2) is 0 Å². The van der Waals surface area contributed by atoms with Crippen LogP contribution in [-0.4, -0.2) is 72.1 Å². The van der Waals surface area contributed by atoms with Crippen molar-refractivity contribution in [2.45, 2.75) is 17.1 Å². The standard InChI is InChI=1S/C20H22ClN5O4S2/c21-15-4-3-14-10-20(31-16(14)11-15)32(29,30)26-9-8-25(19(28)13-26)12-18(27)24-5-1-2-17-22-6-7-23-17/h3-4,6-7,10-11H,1-2,5,8-9,12-13H2,(H,22,23)(H,24,27). The Morgan fingerprint density at radius 3 is 2.88 bits per heavy atom. The molecule has 3 heterocycles. The normalized spacial score (nSPS) is 15.4. The van der Waals surface area contributed by atoms with Crippen molar-refractivity contribution in [3.8, 4) is 0 Å². The molecular weight excluding hydrogens is 474 g/mol. The number of sulfonamides is 1. The summed E-state index contributed by atoms with van der Waals surface area (Å²) >= 11 is 7.12. The maximum absolute atomic E-state index is 13.0.